The number of phenolic OH excluding ortho intramolecular Hbond substituents is 1. The Hall–Kier alpha value is -2.54. The summed E-state index contributed by atoms with van der Waals surface area (Å²) in [7, 11) is 0. The second-order valence-corrected chi connectivity index (χ2v) is 4.52. The Kier molecular flexibility index (Phi) is 4.96. The molecule has 20 heavy (non-hydrogen) atoms. The summed E-state index contributed by atoms with van der Waals surface area (Å²) in [6, 6.07) is 27.6. The normalized spacial score (nSPS) is 9.45. The molecule has 0 aliphatic heterocycles. The van der Waals surface area contributed by atoms with Gasteiger partial charge in [0.1, 0.15) is 5.75 Å². The molecule has 0 unspecified atom stereocenters. The molecule has 0 atom stereocenters. The summed E-state index contributed by atoms with van der Waals surface area (Å²) in [6.07, 6.45) is 0. The number of aryl methyl sites for hydroxylation is 1. The molecule has 0 radical (unpaired) electrons. The molecule has 1 N–H and O–H groups in total. The molecule has 0 aliphatic carbocycles. The molecule has 3 rings (SSSR count). The largest absolute Gasteiger partial charge is 0.508 e. The predicted octanol–water partition coefficient (Wildman–Crippen LogP) is 5.05. The molecule has 100 valence electrons. The molecule has 0 saturated heterocycles. The van der Waals surface area contributed by atoms with Crippen molar-refractivity contribution < 1.29 is 5.11 Å². The minimum Gasteiger partial charge on any atom is -0.508 e. The van der Waals surface area contributed by atoms with Gasteiger partial charge in [0.25, 0.3) is 0 Å². The van der Waals surface area contributed by atoms with Crippen molar-refractivity contribution in [2.24, 2.45) is 0 Å². The third-order valence-electron chi connectivity index (χ3n) is 2.99. The lowest BCUT2D eigenvalue weighted by atomic mass is 10.0. The zero-order chi connectivity index (χ0) is 14.2. The van der Waals surface area contributed by atoms with Gasteiger partial charge in [0, 0.05) is 0 Å². The molecular formula is C19H18O. The molecule has 0 aromatic heterocycles. The first-order valence-corrected chi connectivity index (χ1v) is 6.62. The number of aromatic hydroxyl groups is 1. The lowest BCUT2D eigenvalue weighted by Gasteiger charge is -2.04. The van der Waals surface area contributed by atoms with E-state index in [1.54, 1.807) is 24.3 Å². The fourth-order valence-electron chi connectivity index (χ4n) is 1.94. The SMILES string of the molecule is Cc1ccccc1-c1ccccc1.Oc1ccccc1. The number of hydrogen-bond donors (Lipinski definition) is 1. The first kappa shape index (κ1) is 13.9. The van der Waals surface area contributed by atoms with E-state index < -0.39 is 0 Å². The van der Waals surface area contributed by atoms with Crippen LogP contribution in [0.25, 0.3) is 11.1 Å². The van der Waals surface area contributed by atoms with Crippen molar-refractivity contribution >= 4 is 0 Å². The quantitative estimate of drug-likeness (QED) is 0.650. The number of phenols is 1. The van der Waals surface area contributed by atoms with Crippen LogP contribution in [0.5, 0.6) is 5.75 Å². The van der Waals surface area contributed by atoms with Gasteiger partial charge in [-0.2, -0.15) is 0 Å². The van der Waals surface area contributed by atoms with Crippen molar-refractivity contribution in [3.63, 3.8) is 0 Å². The highest BCUT2D eigenvalue weighted by Gasteiger charge is 1.97. The van der Waals surface area contributed by atoms with Crippen LogP contribution in [0.4, 0.5) is 0 Å². The van der Waals surface area contributed by atoms with E-state index in [4.69, 9.17) is 5.11 Å². The maximum Gasteiger partial charge on any atom is 0.115 e. The van der Waals surface area contributed by atoms with Crippen LogP contribution in [-0.4, -0.2) is 5.11 Å². The first-order chi connectivity index (χ1) is 9.77. The third kappa shape index (κ3) is 3.99. The second-order valence-electron chi connectivity index (χ2n) is 4.52. The molecule has 0 spiro atoms. The van der Waals surface area contributed by atoms with E-state index in [0.29, 0.717) is 5.75 Å². The summed E-state index contributed by atoms with van der Waals surface area (Å²) in [5, 5.41) is 8.63. The Labute approximate surface area is 120 Å². The summed E-state index contributed by atoms with van der Waals surface area (Å²) in [6.45, 7) is 2.14. The van der Waals surface area contributed by atoms with E-state index >= 15 is 0 Å². The Morgan fingerprint density at radius 2 is 1.10 bits per heavy atom. The third-order valence-corrected chi connectivity index (χ3v) is 2.99. The molecule has 3 aromatic carbocycles. The van der Waals surface area contributed by atoms with Gasteiger partial charge in [0.15, 0.2) is 0 Å². The van der Waals surface area contributed by atoms with Gasteiger partial charge in [-0.1, -0.05) is 72.8 Å². The molecule has 1 nitrogen and oxygen atoms in total. The van der Waals surface area contributed by atoms with Gasteiger partial charge in [-0.15, -0.1) is 0 Å². The fraction of sp³-hybridized carbons (Fsp3) is 0.0526. The molecular weight excluding hydrogens is 244 g/mol. The lowest BCUT2D eigenvalue weighted by molar-refractivity contribution is 0.475. The Morgan fingerprint density at radius 1 is 0.600 bits per heavy atom. The standard InChI is InChI=1S/C13H12.C6H6O/c1-11-7-5-6-10-13(11)12-8-3-2-4-9-12;7-6-4-2-1-3-5-6/h2-10H,1H3;1-5,7H. The van der Waals surface area contributed by atoms with E-state index in [0.717, 1.165) is 0 Å². The Morgan fingerprint density at radius 3 is 1.60 bits per heavy atom. The highest BCUT2D eigenvalue weighted by Crippen LogP contribution is 2.21. The topological polar surface area (TPSA) is 20.2 Å². The summed E-state index contributed by atoms with van der Waals surface area (Å²) in [4.78, 5) is 0. The average Bonchev–Trinajstić information content (AvgIpc) is 2.50. The summed E-state index contributed by atoms with van der Waals surface area (Å²) in [5.74, 6) is 0.322. The van der Waals surface area contributed by atoms with Gasteiger partial charge >= 0.3 is 0 Å². The highest BCUT2D eigenvalue weighted by atomic mass is 16.3. The fourth-order valence-corrected chi connectivity index (χ4v) is 1.94. The molecule has 0 fully saturated rings. The van der Waals surface area contributed by atoms with E-state index in [1.807, 2.05) is 12.1 Å². The van der Waals surface area contributed by atoms with Crippen molar-refractivity contribution in [2.45, 2.75) is 6.92 Å². The molecule has 0 saturated carbocycles. The number of hydrogen-bond acceptors (Lipinski definition) is 1. The van der Waals surface area contributed by atoms with Gasteiger partial charge in [0.05, 0.1) is 0 Å². The molecule has 0 aliphatic rings. The molecule has 0 bridgehead atoms. The zero-order valence-electron chi connectivity index (χ0n) is 11.5. The van der Waals surface area contributed by atoms with E-state index in [1.165, 1.54) is 16.7 Å². The van der Waals surface area contributed by atoms with Crippen LogP contribution in [0.3, 0.4) is 0 Å². The van der Waals surface area contributed by atoms with E-state index in [-0.39, 0.29) is 0 Å². The van der Waals surface area contributed by atoms with Gasteiger partial charge in [0.2, 0.25) is 0 Å². The smallest absolute Gasteiger partial charge is 0.115 e. The monoisotopic (exact) mass is 262 g/mol. The number of rotatable bonds is 1. The van der Waals surface area contributed by atoms with Crippen molar-refractivity contribution in [3.8, 4) is 16.9 Å². The summed E-state index contributed by atoms with van der Waals surface area (Å²) < 4.78 is 0. The van der Waals surface area contributed by atoms with Crippen LogP contribution in [-0.2, 0) is 0 Å². The van der Waals surface area contributed by atoms with Crippen LogP contribution in [0.2, 0.25) is 0 Å². The minimum absolute atomic E-state index is 0.322. The van der Waals surface area contributed by atoms with Crippen molar-refractivity contribution in [3.05, 3.63) is 90.5 Å². The minimum atomic E-state index is 0.322. The van der Waals surface area contributed by atoms with Gasteiger partial charge < -0.3 is 5.11 Å². The summed E-state index contributed by atoms with van der Waals surface area (Å²) >= 11 is 0. The first-order valence-electron chi connectivity index (χ1n) is 6.62. The van der Waals surface area contributed by atoms with Crippen molar-refractivity contribution in [1.82, 2.24) is 0 Å². The van der Waals surface area contributed by atoms with E-state index in [2.05, 4.69) is 55.5 Å². The molecule has 1 heteroatoms. The molecule has 0 heterocycles. The highest BCUT2D eigenvalue weighted by molar-refractivity contribution is 5.66. The molecule has 3 aromatic rings. The summed E-state index contributed by atoms with van der Waals surface area (Å²) in [5.41, 5.74) is 3.94. The Bertz CT molecular complexity index is 630. The number of para-hydroxylation sites is 1. The van der Waals surface area contributed by atoms with Crippen LogP contribution < -0.4 is 0 Å². The van der Waals surface area contributed by atoms with E-state index in [9.17, 15) is 0 Å². The van der Waals surface area contributed by atoms with Crippen LogP contribution >= 0.6 is 0 Å². The van der Waals surface area contributed by atoms with Crippen LogP contribution in [0.1, 0.15) is 5.56 Å². The average molecular weight is 262 g/mol. The second kappa shape index (κ2) is 7.15. The zero-order valence-corrected chi connectivity index (χ0v) is 11.5. The van der Waals surface area contributed by atoms with Crippen LogP contribution in [0, 0.1) is 6.92 Å². The van der Waals surface area contributed by atoms with Crippen LogP contribution in [0.15, 0.2) is 84.9 Å². The van der Waals surface area contributed by atoms with Gasteiger partial charge in [-0.3, -0.25) is 0 Å². The maximum atomic E-state index is 8.63. The van der Waals surface area contributed by atoms with Gasteiger partial charge in [-0.05, 0) is 35.7 Å². The van der Waals surface area contributed by atoms with Crippen molar-refractivity contribution in [2.75, 3.05) is 0 Å². The lowest BCUT2D eigenvalue weighted by Crippen LogP contribution is -1.80. The maximum absolute atomic E-state index is 8.63. The van der Waals surface area contributed by atoms with Crippen molar-refractivity contribution in [1.29, 1.82) is 0 Å². The molecule has 0 amide bonds. The number of benzene rings is 3. The Balaban J connectivity index is 0.000000178. The van der Waals surface area contributed by atoms with Gasteiger partial charge in [-0.25, -0.2) is 0 Å². The predicted molar refractivity (Wildman–Crippen MR) is 84.7 cm³/mol.